The van der Waals surface area contributed by atoms with Crippen LogP contribution in [0.25, 0.3) is 0 Å². The third kappa shape index (κ3) is 4.40. The van der Waals surface area contributed by atoms with E-state index in [1.807, 2.05) is 0 Å². The second kappa shape index (κ2) is 6.73. The molecule has 0 aromatic heterocycles. The van der Waals surface area contributed by atoms with Crippen LogP contribution in [0.3, 0.4) is 0 Å². The van der Waals surface area contributed by atoms with Crippen molar-refractivity contribution in [3.05, 3.63) is 0 Å². The highest BCUT2D eigenvalue weighted by Gasteiger charge is 2.35. The third-order valence-corrected chi connectivity index (χ3v) is 5.31. The summed E-state index contributed by atoms with van der Waals surface area (Å²) in [6.45, 7) is 11.7. The fraction of sp³-hybridized carbons (Fsp3) is 0.941. The van der Waals surface area contributed by atoms with Gasteiger partial charge >= 0.3 is 0 Å². The lowest BCUT2D eigenvalue weighted by Gasteiger charge is -2.38. The van der Waals surface area contributed by atoms with Crippen molar-refractivity contribution in [2.24, 2.45) is 23.2 Å². The van der Waals surface area contributed by atoms with Gasteiger partial charge in [-0.2, -0.15) is 0 Å². The molecule has 0 heterocycles. The molecule has 0 N–H and O–H groups in total. The first-order valence-corrected chi connectivity index (χ1v) is 7.88. The molecule has 0 aromatic carbocycles. The van der Waals surface area contributed by atoms with E-state index in [0.717, 1.165) is 31.1 Å². The number of Topliss-reactive ketones (excluding diaryl/α,β-unsaturated/α-hetero) is 1. The lowest BCUT2D eigenvalue weighted by molar-refractivity contribution is -0.124. The molecule has 0 saturated heterocycles. The molecule has 1 aliphatic carbocycles. The summed E-state index contributed by atoms with van der Waals surface area (Å²) in [7, 11) is 0. The van der Waals surface area contributed by atoms with Gasteiger partial charge in [-0.3, -0.25) is 4.79 Å². The van der Waals surface area contributed by atoms with Gasteiger partial charge in [0.05, 0.1) is 0 Å². The van der Waals surface area contributed by atoms with Crippen LogP contribution in [0.4, 0.5) is 0 Å². The van der Waals surface area contributed by atoms with Crippen molar-refractivity contribution in [2.45, 2.75) is 79.6 Å². The van der Waals surface area contributed by atoms with Gasteiger partial charge in [0.1, 0.15) is 5.78 Å². The molecule has 0 bridgehead atoms. The Morgan fingerprint density at radius 2 is 1.83 bits per heavy atom. The minimum absolute atomic E-state index is 0.377. The molecule has 1 heteroatoms. The SMILES string of the molecule is CCCC(C)C(C)CC[C@@H]1CC(=O)CCC1(C)C. The van der Waals surface area contributed by atoms with Crippen LogP contribution >= 0.6 is 0 Å². The largest absolute Gasteiger partial charge is 0.300 e. The predicted molar refractivity (Wildman–Crippen MR) is 78.6 cm³/mol. The predicted octanol–water partition coefficient (Wildman–Crippen LogP) is 5.23. The second-order valence-electron chi connectivity index (χ2n) is 7.25. The second-order valence-corrected chi connectivity index (χ2v) is 7.25. The van der Waals surface area contributed by atoms with Gasteiger partial charge in [0.2, 0.25) is 0 Å². The van der Waals surface area contributed by atoms with Gasteiger partial charge in [0, 0.05) is 12.8 Å². The summed E-state index contributed by atoms with van der Waals surface area (Å²) in [6.07, 6.45) is 7.91. The fourth-order valence-electron chi connectivity index (χ4n) is 3.30. The van der Waals surface area contributed by atoms with Gasteiger partial charge in [-0.25, -0.2) is 0 Å². The average molecular weight is 252 g/mol. The zero-order valence-electron chi connectivity index (χ0n) is 13.1. The van der Waals surface area contributed by atoms with E-state index in [2.05, 4.69) is 34.6 Å². The summed E-state index contributed by atoms with van der Waals surface area (Å²) in [5, 5.41) is 0. The van der Waals surface area contributed by atoms with Crippen LogP contribution in [0, 0.1) is 23.2 Å². The van der Waals surface area contributed by atoms with E-state index in [0.29, 0.717) is 17.1 Å². The molecule has 3 atom stereocenters. The molecule has 1 rings (SSSR count). The number of hydrogen-bond acceptors (Lipinski definition) is 1. The van der Waals surface area contributed by atoms with E-state index in [4.69, 9.17) is 0 Å². The first kappa shape index (κ1) is 15.7. The minimum Gasteiger partial charge on any atom is -0.300 e. The van der Waals surface area contributed by atoms with Gasteiger partial charge < -0.3 is 0 Å². The van der Waals surface area contributed by atoms with Crippen LogP contribution in [0.15, 0.2) is 0 Å². The molecular weight excluding hydrogens is 220 g/mol. The van der Waals surface area contributed by atoms with Crippen molar-refractivity contribution in [3.8, 4) is 0 Å². The number of rotatable bonds is 6. The summed E-state index contributed by atoms with van der Waals surface area (Å²) in [5.74, 6) is 2.75. The first-order valence-electron chi connectivity index (χ1n) is 7.88. The Hall–Kier alpha value is -0.330. The zero-order valence-corrected chi connectivity index (χ0v) is 13.1. The fourth-order valence-corrected chi connectivity index (χ4v) is 3.30. The van der Waals surface area contributed by atoms with Crippen molar-refractivity contribution in [1.82, 2.24) is 0 Å². The third-order valence-electron chi connectivity index (χ3n) is 5.31. The molecule has 0 amide bonds. The quantitative estimate of drug-likeness (QED) is 0.632. The van der Waals surface area contributed by atoms with Crippen molar-refractivity contribution in [3.63, 3.8) is 0 Å². The van der Waals surface area contributed by atoms with E-state index in [9.17, 15) is 4.79 Å². The van der Waals surface area contributed by atoms with Crippen LogP contribution in [0.5, 0.6) is 0 Å². The summed E-state index contributed by atoms with van der Waals surface area (Å²) >= 11 is 0. The van der Waals surface area contributed by atoms with E-state index >= 15 is 0 Å². The Morgan fingerprint density at radius 1 is 1.22 bits per heavy atom. The normalized spacial score (nSPS) is 26.9. The van der Waals surface area contributed by atoms with Gasteiger partial charge in [0.15, 0.2) is 0 Å². The lowest BCUT2D eigenvalue weighted by atomic mass is 9.66. The van der Waals surface area contributed by atoms with Crippen LogP contribution in [0.1, 0.15) is 79.6 Å². The van der Waals surface area contributed by atoms with Crippen molar-refractivity contribution in [2.75, 3.05) is 0 Å². The summed E-state index contributed by atoms with van der Waals surface area (Å²) in [4.78, 5) is 11.6. The van der Waals surface area contributed by atoms with Crippen molar-refractivity contribution < 1.29 is 4.79 Å². The van der Waals surface area contributed by atoms with E-state index in [1.165, 1.54) is 25.7 Å². The minimum atomic E-state index is 0.377. The molecule has 0 radical (unpaired) electrons. The highest BCUT2D eigenvalue weighted by molar-refractivity contribution is 5.79. The molecule has 2 unspecified atom stereocenters. The highest BCUT2D eigenvalue weighted by atomic mass is 16.1. The topological polar surface area (TPSA) is 17.1 Å². The van der Waals surface area contributed by atoms with Crippen LogP contribution < -0.4 is 0 Å². The smallest absolute Gasteiger partial charge is 0.133 e. The van der Waals surface area contributed by atoms with E-state index < -0.39 is 0 Å². The van der Waals surface area contributed by atoms with Gasteiger partial charge in [-0.15, -0.1) is 0 Å². The maximum Gasteiger partial charge on any atom is 0.133 e. The van der Waals surface area contributed by atoms with Crippen LogP contribution in [-0.2, 0) is 4.79 Å². The van der Waals surface area contributed by atoms with Gasteiger partial charge in [-0.1, -0.05) is 53.9 Å². The summed E-state index contributed by atoms with van der Waals surface area (Å²) in [5.41, 5.74) is 0.377. The highest BCUT2D eigenvalue weighted by Crippen LogP contribution is 2.42. The Kier molecular flexibility index (Phi) is 5.88. The molecule has 1 saturated carbocycles. The van der Waals surface area contributed by atoms with Crippen LogP contribution in [0.2, 0.25) is 0 Å². The number of carbonyl (C=O) groups is 1. The van der Waals surface area contributed by atoms with Crippen molar-refractivity contribution in [1.29, 1.82) is 0 Å². The average Bonchev–Trinajstić information content (AvgIpc) is 2.30. The van der Waals surface area contributed by atoms with Gasteiger partial charge in [-0.05, 0) is 36.0 Å². The molecule has 0 spiro atoms. The molecule has 18 heavy (non-hydrogen) atoms. The standard InChI is InChI=1S/C17H32O/c1-6-7-13(2)14(3)8-9-15-12-16(18)10-11-17(15,4)5/h13-15H,6-12H2,1-5H3/t13?,14?,15-/m1/s1. The molecule has 1 aliphatic rings. The molecule has 0 aliphatic heterocycles. The maximum absolute atomic E-state index is 11.6. The van der Waals surface area contributed by atoms with Crippen molar-refractivity contribution >= 4 is 5.78 Å². The van der Waals surface area contributed by atoms with Gasteiger partial charge in [0.25, 0.3) is 0 Å². The van der Waals surface area contributed by atoms with Crippen LogP contribution in [-0.4, -0.2) is 5.78 Å². The Bertz CT molecular complexity index is 267. The lowest BCUT2D eigenvalue weighted by Crippen LogP contribution is -2.32. The Morgan fingerprint density at radius 3 is 2.44 bits per heavy atom. The molecular formula is C17H32O. The summed E-state index contributed by atoms with van der Waals surface area (Å²) in [6, 6.07) is 0. The zero-order chi connectivity index (χ0) is 13.8. The molecule has 1 nitrogen and oxygen atoms in total. The number of carbonyl (C=O) groups excluding carboxylic acids is 1. The molecule has 106 valence electrons. The Labute approximate surface area is 114 Å². The van der Waals surface area contributed by atoms with E-state index in [-0.39, 0.29) is 0 Å². The molecule has 0 aromatic rings. The molecule has 1 fully saturated rings. The maximum atomic E-state index is 11.6. The summed E-state index contributed by atoms with van der Waals surface area (Å²) < 4.78 is 0. The Balaban J connectivity index is 2.43. The number of hydrogen-bond donors (Lipinski definition) is 0. The first-order chi connectivity index (χ1) is 8.36. The van der Waals surface area contributed by atoms with E-state index in [1.54, 1.807) is 0 Å². The number of ketones is 1. The monoisotopic (exact) mass is 252 g/mol.